The highest BCUT2D eigenvalue weighted by molar-refractivity contribution is 7.89. The largest absolute Gasteiger partial charge is 0.465 e. The molecule has 2 unspecified atom stereocenters. The summed E-state index contributed by atoms with van der Waals surface area (Å²) in [6.07, 6.45) is 2.98. The zero-order valence-electron chi connectivity index (χ0n) is 12.4. The lowest BCUT2D eigenvalue weighted by atomic mass is 10.1. The van der Waals surface area contributed by atoms with E-state index in [1.807, 2.05) is 0 Å². The molecule has 2 atom stereocenters. The molecule has 1 aliphatic heterocycles. The quantitative estimate of drug-likeness (QED) is 0.851. The first-order chi connectivity index (χ1) is 9.94. The average Bonchev–Trinajstić information content (AvgIpc) is 3.07. The molecule has 0 amide bonds. The lowest BCUT2D eigenvalue weighted by Gasteiger charge is -2.19. The van der Waals surface area contributed by atoms with Crippen molar-refractivity contribution in [2.75, 3.05) is 6.61 Å². The Morgan fingerprint density at radius 1 is 1.24 bits per heavy atom. The second-order valence-corrected chi connectivity index (χ2v) is 7.57. The van der Waals surface area contributed by atoms with E-state index >= 15 is 0 Å². The topological polar surface area (TPSA) is 94.6 Å². The van der Waals surface area contributed by atoms with Crippen LogP contribution in [0.5, 0.6) is 0 Å². The SMILES string of the molecule is Cc1oc(C)c(S(=O)(=O)NC2CCOC2C2CC2)c1CN. The third-order valence-corrected chi connectivity index (χ3v) is 6.01. The summed E-state index contributed by atoms with van der Waals surface area (Å²) in [5.74, 6) is 1.46. The Morgan fingerprint density at radius 3 is 2.57 bits per heavy atom. The number of sulfonamides is 1. The summed E-state index contributed by atoms with van der Waals surface area (Å²) < 4.78 is 39.4. The third kappa shape index (κ3) is 2.75. The molecule has 6 nitrogen and oxygen atoms in total. The Balaban J connectivity index is 1.87. The van der Waals surface area contributed by atoms with Gasteiger partial charge in [-0.05, 0) is 39.0 Å². The predicted molar refractivity (Wildman–Crippen MR) is 77.3 cm³/mol. The molecule has 1 aromatic heterocycles. The van der Waals surface area contributed by atoms with Crippen LogP contribution >= 0.6 is 0 Å². The fourth-order valence-corrected chi connectivity index (χ4v) is 4.92. The molecule has 1 saturated heterocycles. The molecule has 2 aliphatic rings. The highest BCUT2D eigenvalue weighted by Gasteiger charge is 2.43. The minimum Gasteiger partial charge on any atom is -0.465 e. The van der Waals surface area contributed by atoms with Gasteiger partial charge >= 0.3 is 0 Å². The lowest BCUT2D eigenvalue weighted by Crippen LogP contribution is -2.41. The summed E-state index contributed by atoms with van der Waals surface area (Å²) >= 11 is 0. The summed E-state index contributed by atoms with van der Waals surface area (Å²) in [5.41, 5.74) is 6.24. The molecule has 2 heterocycles. The molecule has 0 spiro atoms. The summed E-state index contributed by atoms with van der Waals surface area (Å²) in [4.78, 5) is 0.198. The van der Waals surface area contributed by atoms with Crippen LogP contribution < -0.4 is 10.5 Å². The van der Waals surface area contributed by atoms with E-state index in [1.54, 1.807) is 13.8 Å². The molecule has 0 radical (unpaired) electrons. The number of hydrogen-bond donors (Lipinski definition) is 2. The van der Waals surface area contributed by atoms with Crippen molar-refractivity contribution in [3.05, 3.63) is 17.1 Å². The van der Waals surface area contributed by atoms with Crippen LogP contribution in [0.15, 0.2) is 9.31 Å². The van der Waals surface area contributed by atoms with Gasteiger partial charge in [0.2, 0.25) is 10.0 Å². The van der Waals surface area contributed by atoms with Crippen LogP contribution in [0.4, 0.5) is 0 Å². The van der Waals surface area contributed by atoms with Crippen LogP contribution in [0.3, 0.4) is 0 Å². The number of aryl methyl sites for hydroxylation is 2. The van der Waals surface area contributed by atoms with E-state index in [9.17, 15) is 8.42 Å². The van der Waals surface area contributed by atoms with Crippen LogP contribution in [0.25, 0.3) is 0 Å². The van der Waals surface area contributed by atoms with Crippen LogP contribution in [-0.4, -0.2) is 27.2 Å². The van der Waals surface area contributed by atoms with Crippen LogP contribution in [0.2, 0.25) is 0 Å². The molecular weight excluding hydrogens is 292 g/mol. The van der Waals surface area contributed by atoms with E-state index < -0.39 is 10.0 Å². The van der Waals surface area contributed by atoms with Gasteiger partial charge in [0.05, 0.1) is 12.1 Å². The zero-order valence-corrected chi connectivity index (χ0v) is 13.2. The molecule has 1 saturated carbocycles. The van der Waals surface area contributed by atoms with Gasteiger partial charge in [-0.25, -0.2) is 13.1 Å². The lowest BCUT2D eigenvalue weighted by molar-refractivity contribution is 0.0848. The summed E-state index contributed by atoms with van der Waals surface area (Å²) in [7, 11) is -3.64. The van der Waals surface area contributed by atoms with Crippen molar-refractivity contribution in [1.29, 1.82) is 0 Å². The minimum atomic E-state index is -3.64. The summed E-state index contributed by atoms with van der Waals surface area (Å²) in [6, 6.07) is -0.150. The molecule has 3 rings (SSSR count). The fraction of sp³-hybridized carbons (Fsp3) is 0.714. The van der Waals surface area contributed by atoms with Gasteiger partial charge in [0.1, 0.15) is 16.4 Å². The smallest absolute Gasteiger partial charge is 0.244 e. The van der Waals surface area contributed by atoms with Crippen LogP contribution in [-0.2, 0) is 21.3 Å². The minimum absolute atomic E-state index is 0.00871. The molecule has 3 N–H and O–H groups in total. The summed E-state index contributed by atoms with van der Waals surface area (Å²) in [5, 5.41) is 0. The van der Waals surface area contributed by atoms with E-state index in [4.69, 9.17) is 14.9 Å². The van der Waals surface area contributed by atoms with Crippen molar-refractivity contribution in [3.8, 4) is 0 Å². The molecule has 0 aromatic carbocycles. The number of nitrogens with one attached hydrogen (secondary N) is 1. The predicted octanol–water partition coefficient (Wildman–Crippen LogP) is 1.20. The number of furan rings is 1. The molecule has 118 valence electrons. The van der Waals surface area contributed by atoms with E-state index in [2.05, 4.69) is 4.72 Å². The Morgan fingerprint density at radius 2 is 1.95 bits per heavy atom. The molecule has 1 aromatic rings. The molecule has 7 heteroatoms. The Kier molecular flexibility index (Phi) is 3.85. The zero-order chi connectivity index (χ0) is 15.2. The van der Waals surface area contributed by atoms with Gasteiger partial charge in [-0.2, -0.15) is 0 Å². The van der Waals surface area contributed by atoms with E-state index in [0.29, 0.717) is 36.0 Å². The van der Waals surface area contributed by atoms with Gasteiger partial charge in [0.15, 0.2) is 0 Å². The maximum absolute atomic E-state index is 12.7. The van der Waals surface area contributed by atoms with E-state index in [1.165, 1.54) is 0 Å². The highest BCUT2D eigenvalue weighted by Crippen LogP contribution is 2.39. The van der Waals surface area contributed by atoms with Crippen molar-refractivity contribution in [2.24, 2.45) is 11.7 Å². The second kappa shape index (κ2) is 5.39. The van der Waals surface area contributed by atoms with Gasteiger partial charge in [-0.3, -0.25) is 0 Å². The van der Waals surface area contributed by atoms with Crippen LogP contribution in [0, 0.1) is 19.8 Å². The fourth-order valence-electron chi connectivity index (χ4n) is 3.18. The number of hydrogen-bond acceptors (Lipinski definition) is 5. The second-order valence-electron chi connectivity index (χ2n) is 5.92. The monoisotopic (exact) mass is 314 g/mol. The Bertz CT molecular complexity index is 634. The van der Waals surface area contributed by atoms with Gasteiger partial charge in [0.25, 0.3) is 0 Å². The maximum Gasteiger partial charge on any atom is 0.244 e. The first-order valence-electron chi connectivity index (χ1n) is 7.37. The van der Waals surface area contributed by atoms with Gasteiger partial charge in [-0.15, -0.1) is 0 Å². The summed E-state index contributed by atoms with van der Waals surface area (Å²) in [6.45, 7) is 4.15. The average molecular weight is 314 g/mol. The number of rotatable bonds is 5. The van der Waals surface area contributed by atoms with E-state index in [0.717, 1.165) is 12.8 Å². The molecule has 1 aliphatic carbocycles. The normalized spacial score (nSPS) is 26.4. The van der Waals surface area contributed by atoms with Crippen LogP contribution in [0.1, 0.15) is 36.3 Å². The van der Waals surface area contributed by atoms with Gasteiger partial charge < -0.3 is 14.9 Å². The molecular formula is C14H22N2O4S. The molecule has 21 heavy (non-hydrogen) atoms. The van der Waals surface area contributed by atoms with Crippen molar-refractivity contribution in [2.45, 2.75) is 56.7 Å². The van der Waals surface area contributed by atoms with Crippen molar-refractivity contribution >= 4 is 10.0 Å². The van der Waals surface area contributed by atoms with Gasteiger partial charge in [0, 0.05) is 18.7 Å². The highest BCUT2D eigenvalue weighted by atomic mass is 32.2. The molecule has 2 fully saturated rings. The van der Waals surface area contributed by atoms with Crippen molar-refractivity contribution in [1.82, 2.24) is 4.72 Å². The third-order valence-electron chi connectivity index (χ3n) is 4.33. The first kappa shape index (κ1) is 15.0. The van der Waals surface area contributed by atoms with Crippen molar-refractivity contribution < 1.29 is 17.6 Å². The maximum atomic E-state index is 12.7. The van der Waals surface area contributed by atoms with Gasteiger partial charge in [-0.1, -0.05) is 0 Å². The Labute approximate surface area is 125 Å². The number of ether oxygens (including phenoxy) is 1. The Hall–Kier alpha value is -0.890. The number of nitrogens with two attached hydrogens (primary N) is 1. The van der Waals surface area contributed by atoms with Crippen molar-refractivity contribution in [3.63, 3.8) is 0 Å². The van der Waals surface area contributed by atoms with E-state index in [-0.39, 0.29) is 23.6 Å². The first-order valence-corrected chi connectivity index (χ1v) is 8.85. The standard InChI is InChI=1S/C14H22N2O4S/c1-8-11(7-15)14(9(2)20-8)21(17,18)16-12-5-6-19-13(12)10-3-4-10/h10,12-13,16H,3-7,15H2,1-2H3. The molecule has 0 bridgehead atoms.